The van der Waals surface area contributed by atoms with E-state index >= 15 is 0 Å². The quantitative estimate of drug-likeness (QED) is 0.815. The van der Waals surface area contributed by atoms with Crippen molar-refractivity contribution in [1.29, 1.82) is 0 Å². The van der Waals surface area contributed by atoms with Crippen LogP contribution in [0, 0.1) is 11.8 Å². The summed E-state index contributed by atoms with van der Waals surface area (Å²) in [5.41, 5.74) is 1.000. The summed E-state index contributed by atoms with van der Waals surface area (Å²) in [5.74, 6) is 0.539. The second kappa shape index (κ2) is 6.81. The van der Waals surface area contributed by atoms with Gasteiger partial charge in [0.2, 0.25) is 5.91 Å². The molecule has 0 bridgehead atoms. The minimum atomic E-state index is -2.94. The molecule has 124 valence electrons. The fourth-order valence-corrected chi connectivity index (χ4v) is 4.33. The van der Waals surface area contributed by atoms with Crippen LogP contribution in [0.2, 0.25) is 0 Å². The van der Waals surface area contributed by atoms with Crippen molar-refractivity contribution in [3.8, 4) is 0 Å². The van der Waals surface area contributed by atoms with Gasteiger partial charge in [0.1, 0.15) is 9.84 Å². The SMILES string of the molecule is CC(C)CN(Cc1cnn(C)c1)C(=O)C1CCS(=O)(=O)CC1. The van der Waals surface area contributed by atoms with E-state index in [1.165, 1.54) is 0 Å². The lowest BCUT2D eigenvalue weighted by Crippen LogP contribution is -2.41. The van der Waals surface area contributed by atoms with Gasteiger partial charge in [0.25, 0.3) is 0 Å². The topological polar surface area (TPSA) is 72.3 Å². The first kappa shape index (κ1) is 17.0. The van der Waals surface area contributed by atoms with Crippen LogP contribution in [0.25, 0.3) is 0 Å². The zero-order valence-corrected chi connectivity index (χ0v) is 14.3. The summed E-state index contributed by atoms with van der Waals surface area (Å²) >= 11 is 0. The number of amides is 1. The monoisotopic (exact) mass is 327 g/mol. The van der Waals surface area contributed by atoms with Crippen molar-refractivity contribution in [2.45, 2.75) is 33.2 Å². The molecule has 1 amide bonds. The van der Waals surface area contributed by atoms with Crippen LogP contribution in [0.5, 0.6) is 0 Å². The minimum absolute atomic E-state index is 0.0763. The lowest BCUT2D eigenvalue weighted by Gasteiger charge is -2.30. The van der Waals surface area contributed by atoms with E-state index in [1.807, 2.05) is 18.1 Å². The third-order valence-corrected chi connectivity index (χ3v) is 5.65. The number of carbonyl (C=O) groups is 1. The summed E-state index contributed by atoms with van der Waals surface area (Å²) in [4.78, 5) is 14.6. The summed E-state index contributed by atoms with van der Waals surface area (Å²) in [6, 6.07) is 0. The van der Waals surface area contributed by atoms with Gasteiger partial charge in [-0.15, -0.1) is 0 Å². The third-order valence-electron chi connectivity index (χ3n) is 3.93. The molecular weight excluding hydrogens is 302 g/mol. The summed E-state index contributed by atoms with van der Waals surface area (Å²) in [7, 11) is -1.09. The number of rotatable bonds is 5. The largest absolute Gasteiger partial charge is 0.338 e. The zero-order chi connectivity index (χ0) is 16.3. The molecule has 0 spiro atoms. The van der Waals surface area contributed by atoms with Gasteiger partial charge in [-0.05, 0) is 18.8 Å². The van der Waals surface area contributed by atoms with Crippen LogP contribution >= 0.6 is 0 Å². The molecule has 0 radical (unpaired) electrons. The maximum absolute atomic E-state index is 12.8. The van der Waals surface area contributed by atoms with E-state index in [1.54, 1.807) is 10.9 Å². The molecule has 1 aliphatic rings. The van der Waals surface area contributed by atoms with Gasteiger partial charge in [-0.25, -0.2) is 8.42 Å². The molecule has 0 unspecified atom stereocenters. The van der Waals surface area contributed by atoms with Crippen molar-refractivity contribution in [3.05, 3.63) is 18.0 Å². The molecule has 0 aliphatic carbocycles. The van der Waals surface area contributed by atoms with Crippen molar-refractivity contribution in [3.63, 3.8) is 0 Å². The number of sulfone groups is 1. The van der Waals surface area contributed by atoms with Crippen LogP contribution in [-0.2, 0) is 28.2 Å². The van der Waals surface area contributed by atoms with Crippen LogP contribution in [-0.4, -0.2) is 47.1 Å². The number of hydrogen-bond acceptors (Lipinski definition) is 4. The van der Waals surface area contributed by atoms with E-state index in [9.17, 15) is 13.2 Å². The van der Waals surface area contributed by atoms with Gasteiger partial charge in [0.05, 0.1) is 17.7 Å². The normalized spacial score (nSPS) is 18.5. The molecular formula is C15H25N3O3S. The van der Waals surface area contributed by atoms with Gasteiger partial charge in [-0.1, -0.05) is 13.8 Å². The Bertz CT molecular complexity index is 608. The van der Waals surface area contributed by atoms with Crippen LogP contribution in [0.1, 0.15) is 32.3 Å². The molecule has 2 rings (SSSR count). The van der Waals surface area contributed by atoms with Crippen molar-refractivity contribution in [2.24, 2.45) is 18.9 Å². The molecule has 1 saturated heterocycles. The molecule has 22 heavy (non-hydrogen) atoms. The number of hydrogen-bond donors (Lipinski definition) is 0. The maximum Gasteiger partial charge on any atom is 0.226 e. The van der Waals surface area contributed by atoms with E-state index in [0.717, 1.165) is 5.56 Å². The lowest BCUT2D eigenvalue weighted by molar-refractivity contribution is -0.137. The fourth-order valence-electron chi connectivity index (χ4n) is 2.84. The molecule has 0 aromatic carbocycles. The Labute approximate surface area is 132 Å². The Morgan fingerprint density at radius 2 is 2.05 bits per heavy atom. The molecule has 1 fully saturated rings. The molecule has 1 aromatic rings. The highest BCUT2D eigenvalue weighted by atomic mass is 32.2. The minimum Gasteiger partial charge on any atom is -0.338 e. The number of aromatic nitrogens is 2. The molecule has 6 nitrogen and oxygen atoms in total. The van der Waals surface area contributed by atoms with Gasteiger partial charge >= 0.3 is 0 Å². The predicted octanol–water partition coefficient (Wildman–Crippen LogP) is 1.23. The van der Waals surface area contributed by atoms with Crippen molar-refractivity contribution < 1.29 is 13.2 Å². The van der Waals surface area contributed by atoms with E-state index < -0.39 is 9.84 Å². The number of aryl methyl sites for hydroxylation is 1. The average Bonchev–Trinajstić information content (AvgIpc) is 2.82. The van der Waals surface area contributed by atoms with Crippen molar-refractivity contribution >= 4 is 15.7 Å². The summed E-state index contributed by atoms with van der Waals surface area (Å²) in [5, 5.41) is 4.14. The van der Waals surface area contributed by atoms with E-state index in [4.69, 9.17) is 0 Å². The summed E-state index contributed by atoms with van der Waals surface area (Å²) in [6.45, 7) is 5.37. The highest BCUT2D eigenvalue weighted by molar-refractivity contribution is 7.91. The third kappa shape index (κ3) is 4.56. The van der Waals surface area contributed by atoms with Gasteiger partial charge in [0.15, 0.2) is 0 Å². The number of nitrogens with zero attached hydrogens (tertiary/aromatic N) is 3. The first-order valence-corrected chi connectivity index (χ1v) is 9.55. The molecule has 0 atom stereocenters. The molecule has 0 saturated carbocycles. The van der Waals surface area contributed by atoms with E-state index in [-0.39, 0.29) is 23.3 Å². The standard InChI is InChI=1S/C15H25N3O3S/c1-12(2)9-18(11-13-8-16-17(3)10-13)15(19)14-4-6-22(20,21)7-5-14/h8,10,12,14H,4-7,9,11H2,1-3H3. The number of carbonyl (C=O) groups excluding carboxylic acids is 1. The van der Waals surface area contributed by atoms with Gasteiger partial charge < -0.3 is 4.90 Å². The van der Waals surface area contributed by atoms with Gasteiger partial charge in [0, 0.05) is 37.8 Å². The van der Waals surface area contributed by atoms with Crippen LogP contribution in [0.3, 0.4) is 0 Å². The Hall–Kier alpha value is -1.37. The fraction of sp³-hybridized carbons (Fsp3) is 0.733. The Morgan fingerprint density at radius 3 is 2.55 bits per heavy atom. The highest BCUT2D eigenvalue weighted by Gasteiger charge is 2.31. The first-order chi connectivity index (χ1) is 10.3. The molecule has 1 aromatic heterocycles. The molecule has 7 heteroatoms. The Morgan fingerprint density at radius 1 is 1.41 bits per heavy atom. The molecule has 1 aliphatic heterocycles. The van der Waals surface area contributed by atoms with Crippen LogP contribution in [0.15, 0.2) is 12.4 Å². The summed E-state index contributed by atoms with van der Waals surface area (Å²) in [6.07, 6.45) is 4.57. The van der Waals surface area contributed by atoms with Gasteiger partial charge in [-0.3, -0.25) is 9.48 Å². The smallest absolute Gasteiger partial charge is 0.226 e. The highest BCUT2D eigenvalue weighted by Crippen LogP contribution is 2.22. The Kier molecular flexibility index (Phi) is 5.26. The second-order valence-electron chi connectivity index (χ2n) is 6.56. The Balaban J connectivity index is 2.06. The molecule has 2 heterocycles. The zero-order valence-electron chi connectivity index (χ0n) is 13.5. The average molecular weight is 327 g/mol. The van der Waals surface area contributed by atoms with E-state index in [2.05, 4.69) is 18.9 Å². The second-order valence-corrected chi connectivity index (χ2v) is 8.86. The predicted molar refractivity (Wildman–Crippen MR) is 84.8 cm³/mol. The van der Waals surface area contributed by atoms with Crippen molar-refractivity contribution in [1.82, 2.24) is 14.7 Å². The van der Waals surface area contributed by atoms with Gasteiger partial charge in [-0.2, -0.15) is 5.10 Å². The van der Waals surface area contributed by atoms with Crippen LogP contribution in [0.4, 0.5) is 0 Å². The maximum atomic E-state index is 12.8. The van der Waals surface area contributed by atoms with Crippen LogP contribution < -0.4 is 0 Å². The van der Waals surface area contributed by atoms with Crippen molar-refractivity contribution in [2.75, 3.05) is 18.1 Å². The first-order valence-electron chi connectivity index (χ1n) is 7.73. The summed E-state index contributed by atoms with van der Waals surface area (Å²) < 4.78 is 24.8. The lowest BCUT2D eigenvalue weighted by atomic mass is 10.00. The molecule has 0 N–H and O–H groups in total. The van der Waals surface area contributed by atoms with E-state index in [0.29, 0.717) is 31.8 Å².